The Kier molecular flexibility index (Phi) is 4.56. The smallest absolute Gasteiger partial charge is 0.196 e. The van der Waals surface area contributed by atoms with Gasteiger partial charge in [-0.1, -0.05) is 37.6 Å². The molecular weight excluding hydrogens is 275 g/mol. The molecule has 0 spiro atoms. The zero-order valence-electron chi connectivity index (χ0n) is 11.5. The second kappa shape index (κ2) is 6.19. The van der Waals surface area contributed by atoms with Crippen molar-refractivity contribution in [3.8, 4) is 0 Å². The molecule has 0 saturated carbocycles. The maximum Gasteiger partial charge on any atom is 0.196 e. The summed E-state index contributed by atoms with van der Waals surface area (Å²) in [5, 5.41) is 0.357. The molecule has 20 heavy (non-hydrogen) atoms. The van der Waals surface area contributed by atoms with Crippen molar-refractivity contribution in [3.63, 3.8) is 0 Å². The van der Waals surface area contributed by atoms with Crippen LogP contribution in [0.4, 0.5) is 4.39 Å². The molecule has 0 heterocycles. The van der Waals surface area contributed by atoms with Crippen molar-refractivity contribution in [3.05, 3.63) is 69.5 Å². The summed E-state index contributed by atoms with van der Waals surface area (Å²) in [4.78, 5) is 12.4. The van der Waals surface area contributed by atoms with E-state index >= 15 is 0 Å². The molecule has 0 unspecified atom stereocenters. The molecule has 2 rings (SSSR count). The molecule has 0 aliphatic rings. The van der Waals surface area contributed by atoms with Crippen LogP contribution in [0.1, 0.15) is 40.9 Å². The van der Waals surface area contributed by atoms with E-state index in [4.69, 9.17) is 11.6 Å². The standard InChI is InChI=1S/C17H16ClFO/c1-3-11-5-6-13(9-12(11)4-2)17(20)15-10-14(18)7-8-16(15)19/h5-10H,3-4H2,1-2H3. The summed E-state index contributed by atoms with van der Waals surface area (Å²) in [5.74, 6) is -0.876. The molecule has 0 bridgehead atoms. The number of halogens is 2. The van der Waals surface area contributed by atoms with E-state index in [1.54, 1.807) is 6.07 Å². The number of benzene rings is 2. The van der Waals surface area contributed by atoms with E-state index in [9.17, 15) is 9.18 Å². The third-order valence-electron chi connectivity index (χ3n) is 3.40. The summed E-state index contributed by atoms with van der Waals surface area (Å²) in [7, 11) is 0. The first-order valence-corrected chi connectivity index (χ1v) is 7.06. The van der Waals surface area contributed by atoms with Crippen molar-refractivity contribution < 1.29 is 9.18 Å². The average molecular weight is 291 g/mol. The zero-order valence-corrected chi connectivity index (χ0v) is 12.3. The van der Waals surface area contributed by atoms with Gasteiger partial charge < -0.3 is 0 Å². The first kappa shape index (κ1) is 14.7. The summed E-state index contributed by atoms with van der Waals surface area (Å²) in [6, 6.07) is 9.57. The number of rotatable bonds is 4. The topological polar surface area (TPSA) is 17.1 Å². The van der Waals surface area contributed by atoms with Crippen LogP contribution in [0.3, 0.4) is 0 Å². The number of hydrogen-bond donors (Lipinski definition) is 0. The monoisotopic (exact) mass is 290 g/mol. The molecule has 1 nitrogen and oxygen atoms in total. The van der Waals surface area contributed by atoms with Gasteiger partial charge in [-0.15, -0.1) is 0 Å². The average Bonchev–Trinajstić information content (AvgIpc) is 2.48. The molecule has 2 aromatic carbocycles. The van der Waals surface area contributed by atoms with Gasteiger partial charge in [0.25, 0.3) is 0 Å². The lowest BCUT2D eigenvalue weighted by Crippen LogP contribution is -2.06. The van der Waals surface area contributed by atoms with Gasteiger partial charge in [0.15, 0.2) is 5.78 Å². The third-order valence-corrected chi connectivity index (χ3v) is 3.64. The predicted octanol–water partition coefficient (Wildman–Crippen LogP) is 4.83. The highest BCUT2D eigenvalue weighted by atomic mass is 35.5. The molecule has 0 aliphatic heterocycles. The van der Waals surface area contributed by atoms with Gasteiger partial charge in [-0.2, -0.15) is 0 Å². The molecule has 0 aliphatic carbocycles. The second-order valence-corrected chi connectivity index (χ2v) is 5.08. The van der Waals surface area contributed by atoms with Gasteiger partial charge in [0.1, 0.15) is 5.82 Å². The highest BCUT2D eigenvalue weighted by Gasteiger charge is 2.15. The Morgan fingerprint density at radius 1 is 1.05 bits per heavy atom. The number of carbonyl (C=O) groups excluding carboxylic acids is 1. The minimum atomic E-state index is -0.544. The van der Waals surface area contributed by atoms with Crippen LogP contribution in [-0.4, -0.2) is 5.78 Å². The van der Waals surface area contributed by atoms with Crippen LogP contribution in [0.5, 0.6) is 0 Å². The maximum absolute atomic E-state index is 13.8. The van der Waals surface area contributed by atoms with Crippen LogP contribution in [0.15, 0.2) is 36.4 Å². The number of hydrogen-bond acceptors (Lipinski definition) is 1. The van der Waals surface area contributed by atoms with Crippen LogP contribution >= 0.6 is 11.6 Å². The normalized spacial score (nSPS) is 10.6. The van der Waals surface area contributed by atoms with Gasteiger partial charge in [0.2, 0.25) is 0 Å². The number of ketones is 1. The highest BCUT2D eigenvalue weighted by Crippen LogP contribution is 2.21. The summed E-state index contributed by atoms with van der Waals surface area (Å²) in [5.41, 5.74) is 2.86. The lowest BCUT2D eigenvalue weighted by atomic mass is 9.96. The Morgan fingerprint density at radius 2 is 1.75 bits per heavy atom. The van der Waals surface area contributed by atoms with Gasteiger partial charge in [-0.25, -0.2) is 4.39 Å². The molecule has 0 aromatic heterocycles. The van der Waals surface area contributed by atoms with Gasteiger partial charge in [-0.05, 0) is 48.2 Å². The van der Waals surface area contributed by atoms with Crippen molar-refractivity contribution in [1.82, 2.24) is 0 Å². The van der Waals surface area contributed by atoms with E-state index < -0.39 is 5.82 Å². The van der Waals surface area contributed by atoms with Crippen LogP contribution in [0.2, 0.25) is 5.02 Å². The fourth-order valence-corrected chi connectivity index (χ4v) is 2.44. The quantitative estimate of drug-likeness (QED) is 0.737. The molecule has 0 saturated heterocycles. The molecule has 0 amide bonds. The number of aryl methyl sites for hydroxylation is 2. The molecule has 0 N–H and O–H groups in total. The summed E-state index contributed by atoms with van der Waals surface area (Å²) in [6.07, 6.45) is 1.77. The van der Waals surface area contributed by atoms with Gasteiger partial charge in [-0.3, -0.25) is 4.79 Å². The van der Waals surface area contributed by atoms with E-state index in [1.807, 2.05) is 19.1 Å². The lowest BCUT2D eigenvalue weighted by molar-refractivity contribution is 0.103. The Morgan fingerprint density at radius 3 is 2.40 bits per heavy atom. The second-order valence-electron chi connectivity index (χ2n) is 4.64. The molecule has 104 valence electrons. The van der Waals surface area contributed by atoms with Crippen molar-refractivity contribution >= 4 is 17.4 Å². The Balaban J connectivity index is 2.45. The van der Waals surface area contributed by atoms with Gasteiger partial charge in [0.05, 0.1) is 5.56 Å². The Bertz CT molecular complexity index is 649. The first-order valence-electron chi connectivity index (χ1n) is 6.68. The van der Waals surface area contributed by atoms with E-state index in [0.29, 0.717) is 10.6 Å². The molecular formula is C17H16ClFO. The van der Waals surface area contributed by atoms with Crippen LogP contribution in [0, 0.1) is 5.82 Å². The maximum atomic E-state index is 13.8. The Labute approximate surface area is 123 Å². The molecule has 2 aromatic rings. The minimum absolute atomic E-state index is 0.0174. The van der Waals surface area contributed by atoms with Crippen molar-refractivity contribution in [1.29, 1.82) is 0 Å². The van der Waals surface area contributed by atoms with Crippen molar-refractivity contribution in [2.75, 3.05) is 0 Å². The Hall–Kier alpha value is -1.67. The van der Waals surface area contributed by atoms with E-state index in [1.165, 1.54) is 23.8 Å². The summed E-state index contributed by atoms with van der Waals surface area (Å²) >= 11 is 5.84. The van der Waals surface area contributed by atoms with Gasteiger partial charge in [0, 0.05) is 10.6 Å². The van der Waals surface area contributed by atoms with E-state index in [2.05, 4.69) is 6.92 Å². The van der Waals surface area contributed by atoms with Crippen molar-refractivity contribution in [2.45, 2.75) is 26.7 Å². The van der Waals surface area contributed by atoms with Crippen LogP contribution < -0.4 is 0 Å². The summed E-state index contributed by atoms with van der Waals surface area (Å²) in [6.45, 7) is 4.12. The molecule has 0 radical (unpaired) electrons. The van der Waals surface area contributed by atoms with Gasteiger partial charge >= 0.3 is 0 Å². The molecule has 0 fully saturated rings. The molecule has 0 atom stereocenters. The van der Waals surface area contributed by atoms with Crippen LogP contribution in [0.25, 0.3) is 0 Å². The summed E-state index contributed by atoms with van der Waals surface area (Å²) < 4.78 is 13.8. The van der Waals surface area contributed by atoms with Crippen LogP contribution in [-0.2, 0) is 12.8 Å². The van der Waals surface area contributed by atoms with Crippen molar-refractivity contribution in [2.24, 2.45) is 0 Å². The van der Waals surface area contributed by atoms with E-state index in [-0.39, 0.29) is 11.3 Å². The lowest BCUT2D eigenvalue weighted by Gasteiger charge is -2.09. The van der Waals surface area contributed by atoms with E-state index in [0.717, 1.165) is 18.4 Å². The fourth-order valence-electron chi connectivity index (χ4n) is 2.27. The highest BCUT2D eigenvalue weighted by molar-refractivity contribution is 6.31. The largest absolute Gasteiger partial charge is 0.288 e. The number of carbonyl (C=O) groups is 1. The first-order chi connectivity index (χ1) is 9.56. The fraction of sp³-hybridized carbons (Fsp3) is 0.235. The SMILES string of the molecule is CCc1ccc(C(=O)c2cc(Cl)ccc2F)cc1CC. The zero-order chi connectivity index (χ0) is 14.7. The molecule has 3 heteroatoms. The third kappa shape index (κ3) is 2.91. The minimum Gasteiger partial charge on any atom is -0.288 e. The predicted molar refractivity (Wildman–Crippen MR) is 80.0 cm³/mol.